The third-order valence-electron chi connectivity index (χ3n) is 4.69. The highest BCUT2D eigenvalue weighted by Gasteiger charge is 2.35. The van der Waals surface area contributed by atoms with E-state index in [4.69, 9.17) is 0 Å². The normalized spacial score (nSPS) is 17.6. The first-order valence-electron chi connectivity index (χ1n) is 7.99. The number of hydrogen-bond acceptors (Lipinski definition) is 4. The van der Waals surface area contributed by atoms with Gasteiger partial charge < -0.3 is 10.2 Å². The van der Waals surface area contributed by atoms with Crippen LogP contribution in [0.3, 0.4) is 0 Å². The van der Waals surface area contributed by atoms with E-state index in [-0.39, 0.29) is 0 Å². The number of hydrogen-bond donors (Lipinski definition) is 1. The van der Waals surface area contributed by atoms with E-state index in [9.17, 15) is 0 Å². The quantitative estimate of drug-likeness (QED) is 0.777. The van der Waals surface area contributed by atoms with E-state index in [1.807, 2.05) is 12.4 Å². The molecule has 2 rings (SSSR count). The monoisotopic (exact) mass is 276 g/mol. The van der Waals surface area contributed by atoms with Gasteiger partial charge in [0.05, 0.1) is 18.1 Å². The summed E-state index contributed by atoms with van der Waals surface area (Å²) >= 11 is 0. The summed E-state index contributed by atoms with van der Waals surface area (Å²) in [6, 6.07) is 0. The average Bonchev–Trinajstić information content (AvgIpc) is 2.93. The maximum absolute atomic E-state index is 4.60. The molecule has 0 bridgehead atoms. The molecule has 0 saturated carbocycles. The molecule has 1 aliphatic heterocycles. The molecular weight excluding hydrogens is 248 g/mol. The van der Waals surface area contributed by atoms with Crippen molar-refractivity contribution in [1.82, 2.24) is 15.3 Å². The fraction of sp³-hybridized carbons (Fsp3) is 0.750. The smallest absolute Gasteiger partial charge is 0.147 e. The maximum atomic E-state index is 4.60. The van der Waals surface area contributed by atoms with E-state index in [2.05, 4.69) is 41.0 Å². The van der Waals surface area contributed by atoms with Crippen LogP contribution in [0.1, 0.15) is 52.1 Å². The predicted octanol–water partition coefficient (Wildman–Crippen LogP) is 2.99. The fourth-order valence-corrected chi connectivity index (χ4v) is 2.95. The minimum atomic E-state index is 0.489. The fourth-order valence-electron chi connectivity index (χ4n) is 2.95. The van der Waals surface area contributed by atoms with Gasteiger partial charge in [-0.3, -0.25) is 4.98 Å². The molecule has 0 radical (unpaired) electrons. The summed E-state index contributed by atoms with van der Waals surface area (Å²) in [6.07, 6.45) is 8.79. The van der Waals surface area contributed by atoms with Gasteiger partial charge in [-0.05, 0) is 37.6 Å². The van der Waals surface area contributed by atoms with Crippen LogP contribution in [-0.2, 0) is 6.54 Å². The molecule has 0 amide bonds. The molecule has 2 heterocycles. The van der Waals surface area contributed by atoms with Crippen LogP contribution in [0.15, 0.2) is 12.4 Å². The minimum absolute atomic E-state index is 0.489. The van der Waals surface area contributed by atoms with E-state index in [1.54, 1.807) is 0 Å². The highest BCUT2D eigenvalue weighted by Crippen LogP contribution is 2.38. The Morgan fingerprint density at radius 3 is 2.55 bits per heavy atom. The lowest BCUT2D eigenvalue weighted by Gasteiger charge is -2.26. The molecule has 1 saturated heterocycles. The van der Waals surface area contributed by atoms with E-state index >= 15 is 0 Å². The van der Waals surface area contributed by atoms with Crippen molar-refractivity contribution in [3.05, 3.63) is 18.1 Å². The summed E-state index contributed by atoms with van der Waals surface area (Å²) in [5, 5.41) is 3.36. The predicted molar refractivity (Wildman–Crippen MR) is 83.9 cm³/mol. The van der Waals surface area contributed by atoms with E-state index in [0.717, 1.165) is 44.1 Å². The van der Waals surface area contributed by atoms with Gasteiger partial charge in [-0.2, -0.15) is 0 Å². The van der Waals surface area contributed by atoms with Gasteiger partial charge in [0.15, 0.2) is 0 Å². The number of nitrogens with zero attached hydrogens (tertiary/aromatic N) is 3. The minimum Gasteiger partial charge on any atom is -0.355 e. The molecule has 1 aromatic rings. The van der Waals surface area contributed by atoms with Crippen LogP contribution in [0.5, 0.6) is 0 Å². The van der Waals surface area contributed by atoms with Crippen molar-refractivity contribution in [1.29, 1.82) is 0 Å². The molecule has 4 nitrogen and oxygen atoms in total. The largest absolute Gasteiger partial charge is 0.355 e. The second-order valence-electron chi connectivity index (χ2n) is 5.92. The second kappa shape index (κ2) is 7.02. The Morgan fingerprint density at radius 1 is 1.20 bits per heavy atom. The summed E-state index contributed by atoms with van der Waals surface area (Å²) in [5.74, 6) is 1.04. The topological polar surface area (TPSA) is 41.1 Å². The van der Waals surface area contributed by atoms with Crippen molar-refractivity contribution in [3.8, 4) is 0 Å². The Kier molecular flexibility index (Phi) is 5.35. The number of rotatable bonds is 7. The van der Waals surface area contributed by atoms with Gasteiger partial charge in [-0.15, -0.1) is 0 Å². The van der Waals surface area contributed by atoms with Crippen LogP contribution >= 0.6 is 0 Å². The Balaban J connectivity index is 1.94. The molecule has 1 aliphatic rings. The zero-order chi connectivity index (χ0) is 14.4. The van der Waals surface area contributed by atoms with Gasteiger partial charge in [-0.1, -0.05) is 20.8 Å². The molecule has 1 N–H and O–H groups in total. The van der Waals surface area contributed by atoms with Crippen LogP contribution in [0, 0.1) is 5.41 Å². The summed E-state index contributed by atoms with van der Waals surface area (Å²) in [7, 11) is 0. The molecule has 4 heteroatoms. The summed E-state index contributed by atoms with van der Waals surface area (Å²) in [6.45, 7) is 10.9. The van der Waals surface area contributed by atoms with Crippen molar-refractivity contribution >= 4 is 5.82 Å². The van der Waals surface area contributed by atoms with Gasteiger partial charge in [0.25, 0.3) is 0 Å². The standard InChI is InChI=1S/C16H28N4/c1-4-8-17-10-14-11-19-15(12-18-14)20-9-7-16(5-2,6-3)13-20/h11-12,17H,4-10,13H2,1-3H3. The third kappa shape index (κ3) is 3.48. The zero-order valence-electron chi connectivity index (χ0n) is 13.2. The van der Waals surface area contributed by atoms with Gasteiger partial charge in [0.1, 0.15) is 5.82 Å². The van der Waals surface area contributed by atoms with Gasteiger partial charge >= 0.3 is 0 Å². The summed E-state index contributed by atoms with van der Waals surface area (Å²) in [4.78, 5) is 11.5. The first kappa shape index (κ1) is 15.2. The highest BCUT2D eigenvalue weighted by atomic mass is 15.2. The Hall–Kier alpha value is -1.16. The lowest BCUT2D eigenvalue weighted by atomic mass is 9.82. The number of anilines is 1. The molecule has 20 heavy (non-hydrogen) atoms. The molecule has 0 aromatic carbocycles. The van der Waals surface area contributed by atoms with Crippen LogP contribution in [0.2, 0.25) is 0 Å². The first-order valence-corrected chi connectivity index (χ1v) is 7.99. The third-order valence-corrected chi connectivity index (χ3v) is 4.69. The molecule has 1 fully saturated rings. The molecule has 1 aromatic heterocycles. The van der Waals surface area contributed by atoms with Crippen molar-refractivity contribution in [3.63, 3.8) is 0 Å². The summed E-state index contributed by atoms with van der Waals surface area (Å²) in [5.41, 5.74) is 1.52. The lowest BCUT2D eigenvalue weighted by Crippen LogP contribution is -2.27. The van der Waals surface area contributed by atoms with Crippen molar-refractivity contribution in [2.45, 2.75) is 53.0 Å². The first-order chi connectivity index (χ1) is 9.73. The Labute approximate surface area is 123 Å². The van der Waals surface area contributed by atoms with Crippen molar-refractivity contribution in [2.75, 3.05) is 24.5 Å². The van der Waals surface area contributed by atoms with Gasteiger partial charge in [0, 0.05) is 19.6 Å². The SMILES string of the molecule is CCCNCc1cnc(N2CCC(CC)(CC)C2)cn1. The molecule has 0 unspecified atom stereocenters. The molecule has 0 aliphatic carbocycles. The Bertz CT molecular complexity index is 397. The maximum Gasteiger partial charge on any atom is 0.147 e. The van der Waals surface area contributed by atoms with Crippen molar-refractivity contribution in [2.24, 2.45) is 5.41 Å². The number of nitrogens with one attached hydrogen (secondary N) is 1. The van der Waals surface area contributed by atoms with Crippen LogP contribution < -0.4 is 10.2 Å². The Morgan fingerprint density at radius 2 is 2.00 bits per heavy atom. The summed E-state index contributed by atoms with van der Waals surface area (Å²) < 4.78 is 0. The molecule has 0 spiro atoms. The number of aromatic nitrogens is 2. The molecular formula is C16H28N4. The van der Waals surface area contributed by atoms with E-state index in [1.165, 1.54) is 19.3 Å². The van der Waals surface area contributed by atoms with Crippen LogP contribution in [0.4, 0.5) is 5.82 Å². The zero-order valence-corrected chi connectivity index (χ0v) is 13.2. The van der Waals surface area contributed by atoms with Gasteiger partial charge in [-0.25, -0.2) is 4.98 Å². The van der Waals surface area contributed by atoms with E-state index < -0.39 is 0 Å². The van der Waals surface area contributed by atoms with Crippen LogP contribution in [-0.4, -0.2) is 29.6 Å². The highest BCUT2D eigenvalue weighted by molar-refractivity contribution is 5.38. The van der Waals surface area contributed by atoms with Gasteiger partial charge in [0.2, 0.25) is 0 Å². The van der Waals surface area contributed by atoms with Crippen molar-refractivity contribution < 1.29 is 0 Å². The second-order valence-corrected chi connectivity index (χ2v) is 5.92. The van der Waals surface area contributed by atoms with E-state index in [0.29, 0.717) is 5.41 Å². The average molecular weight is 276 g/mol. The molecule has 112 valence electrons. The van der Waals surface area contributed by atoms with Crippen LogP contribution in [0.25, 0.3) is 0 Å². The molecule has 0 atom stereocenters. The lowest BCUT2D eigenvalue weighted by molar-refractivity contribution is 0.301.